The zero-order chi connectivity index (χ0) is 15.1. The summed E-state index contributed by atoms with van der Waals surface area (Å²) in [6.45, 7) is 3.83. The second-order valence-electron chi connectivity index (χ2n) is 5.85. The molecule has 0 spiro atoms. The molecule has 0 N–H and O–H groups in total. The lowest BCUT2D eigenvalue weighted by atomic mass is 10.0. The monoisotopic (exact) mass is 287 g/mol. The predicted molar refractivity (Wildman–Crippen MR) is 86.8 cm³/mol. The number of benzene rings is 2. The van der Waals surface area contributed by atoms with Crippen LogP contribution in [0.15, 0.2) is 42.5 Å². The van der Waals surface area contributed by atoms with Crippen LogP contribution in [0.2, 0.25) is 0 Å². The summed E-state index contributed by atoms with van der Waals surface area (Å²) >= 11 is 0. The molecule has 1 heterocycles. The van der Waals surface area contributed by atoms with Gasteiger partial charge in [0.15, 0.2) is 0 Å². The highest BCUT2D eigenvalue weighted by Gasteiger charge is 2.18. The lowest BCUT2D eigenvalue weighted by molar-refractivity contribution is 0.843. The topological polar surface area (TPSA) is 38.7 Å². The first-order valence-corrected chi connectivity index (χ1v) is 7.57. The summed E-state index contributed by atoms with van der Waals surface area (Å²) in [4.78, 5) is 13.1. The zero-order valence-electron chi connectivity index (χ0n) is 12.8. The van der Waals surface area contributed by atoms with E-state index in [4.69, 9.17) is 0 Å². The van der Waals surface area contributed by atoms with E-state index in [-0.39, 0.29) is 0 Å². The third-order valence-corrected chi connectivity index (χ3v) is 4.13. The van der Waals surface area contributed by atoms with Crippen molar-refractivity contribution in [3.63, 3.8) is 0 Å². The van der Waals surface area contributed by atoms with Crippen LogP contribution >= 0.6 is 0 Å². The molecule has 1 aromatic heterocycles. The fraction of sp³-hybridized carbons (Fsp3) is 0.211. The van der Waals surface area contributed by atoms with E-state index in [0.717, 1.165) is 30.3 Å². The first-order chi connectivity index (χ1) is 10.7. The van der Waals surface area contributed by atoms with E-state index in [1.807, 2.05) is 13.8 Å². The van der Waals surface area contributed by atoms with E-state index in [2.05, 4.69) is 57.4 Å². The Morgan fingerprint density at radius 1 is 0.818 bits per heavy atom. The van der Waals surface area contributed by atoms with Crippen LogP contribution in [-0.2, 0) is 12.8 Å². The van der Waals surface area contributed by atoms with Crippen molar-refractivity contribution >= 4 is 0 Å². The number of aromatic nitrogens is 3. The standard InChI is InChI=1S/C19H17N3/c1-12-20-13(2)22-19(21-12)10-14-7-8-18-16(9-14)11-15-5-3-4-6-17(15)18/h3-9H,10-11H2,1-2H3. The van der Waals surface area contributed by atoms with Crippen molar-refractivity contribution in [1.29, 1.82) is 0 Å². The highest BCUT2D eigenvalue weighted by atomic mass is 15.0. The Hall–Kier alpha value is -2.55. The smallest absolute Gasteiger partial charge is 0.136 e. The lowest BCUT2D eigenvalue weighted by Gasteiger charge is -2.06. The number of hydrogen-bond acceptors (Lipinski definition) is 3. The van der Waals surface area contributed by atoms with Gasteiger partial charge in [0, 0.05) is 6.42 Å². The minimum Gasteiger partial charge on any atom is -0.219 e. The van der Waals surface area contributed by atoms with E-state index in [1.165, 1.54) is 27.8 Å². The van der Waals surface area contributed by atoms with Crippen molar-refractivity contribution in [2.24, 2.45) is 0 Å². The first-order valence-electron chi connectivity index (χ1n) is 7.57. The van der Waals surface area contributed by atoms with Crippen molar-refractivity contribution in [1.82, 2.24) is 15.0 Å². The zero-order valence-corrected chi connectivity index (χ0v) is 12.8. The summed E-state index contributed by atoms with van der Waals surface area (Å²) in [6.07, 6.45) is 1.78. The molecule has 0 aliphatic heterocycles. The van der Waals surface area contributed by atoms with Crippen LogP contribution in [-0.4, -0.2) is 15.0 Å². The van der Waals surface area contributed by atoms with Crippen molar-refractivity contribution in [3.8, 4) is 11.1 Å². The molecule has 2 aromatic carbocycles. The van der Waals surface area contributed by atoms with E-state index < -0.39 is 0 Å². The molecule has 0 atom stereocenters. The summed E-state index contributed by atoms with van der Waals surface area (Å²) in [5.41, 5.74) is 6.82. The highest BCUT2D eigenvalue weighted by molar-refractivity contribution is 5.76. The van der Waals surface area contributed by atoms with Crippen LogP contribution < -0.4 is 0 Å². The van der Waals surface area contributed by atoms with Crippen molar-refractivity contribution in [2.45, 2.75) is 26.7 Å². The molecule has 3 aromatic rings. The molecule has 0 bridgehead atoms. The number of rotatable bonds is 2. The molecule has 0 saturated heterocycles. The minimum atomic E-state index is 0.758. The van der Waals surface area contributed by atoms with Gasteiger partial charge in [0.2, 0.25) is 0 Å². The Kier molecular flexibility index (Phi) is 3.00. The van der Waals surface area contributed by atoms with Crippen LogP contribution in [0.5, 0.6) is 0 Å². The Balaban J connectivity index is 1.67. The highest BCUT2D eigenvalue weighted by Crippen LogP contribution is 2.36. The van der Waals surface area contributed by atoms with Crippen molar-refractivity contribution in [3.05, 3.63) is 76.6 Å². The molecule has 0 amide bonds. The maximum absolute atomic E-state index is 4.44. The molecule has 1 aliphatic rings. The summed E-state index contributed by atoms with van der Waals surface area (Å²) in [7, 11) is 0. The van der Waals surface area contributed by atoms with Gasteiger partial charge < -0.3 is 0 Å². The Morgan fingerprint density at radius 2 is 1.55 bits per heavy atom. The largest absolute Gasteiger partial charge is 0.219 e. The molecule has 3 nitrogen and oxygen atoms in total. The molecule has 0 saturated carbocycles. The molecular weight excluding hydrogens is 270 g/mol. The van der Waals surface area contributed by atoms with Gasteiger partial charge in [0.05, 0.1) is 0 Å². The third kappa shape index (κ3) is 2.29. The molecule has 0 unspecified atom stereocenters. The first kappa shape index (κ1) is 13.1. The molecule has 0 fully saturated rings. The van der Waals surface area contributed by atoms with Crippen LogP contribution in [0.4, 0.5) is 0 Å². The van der Waals surface area contributed by atoms with E-state index in [1.54, 1.807) is 0 Å². The summed E-state index contributed by atoms with van der Waals surface area (Å²) in [5, 5.41) is 0. The van der Waals surface area contributed by atoms with Gasteiger partial charge in [-0.05, 0) is 48.1 Å². The van der Waals surface area contributed by atoms with Crippen LogP contribution in [0.25, 0.3) is 11.1 Å². The Labute approximate surface area is 130 Å². The predicted octanol–water partition coefficient (Wildman–Crippen LogP) is 3.65. The quantitative estimate of drug-likeness (QED) is 0.565. The van der Waals surface area contributed by atoms with Crippen LogP contribution in [0.1, 0.15) is 34.2 Å². The second kappa shape index (κ2) is 5.02. The van der Waals surface area contributed by atoms with E-state index in [9.17, 15) is 0 Å². The Bertz CT molecular complexity index is 848. The van der Waals surface area contributed by atoms with Crippen LogP contribution in [0, 0.1) is 13.8 Å². The van der Waals surface area contributed by atoms with Crippen molar-refractivity contribution in [2.75, 3.05) is 0 Å². The van der Waals surface area contributed by atoms with Gasteiger partial charge in [-0.2, -0.15) is 0 Å². The number of nitrogens with zero attached hydrogens (tertiary/aromatic N) is 3. The number of hydrogen-bond donors (Lipinski definition) is 0. The lowest BCUT2D eigenvalue weighted by Crippen LogP contribution is -2.03. The number of fused-ring (bicyclic) bond motifs is 3. The molecule has 4 rings (SSSR count). The van der Waals surface area contributed by atoms with Gasteiger partial charge in [-0.15, -0.1) is 0 Å². The molecule has 22 heavy (non-hydrogen) atoms. The molecule has 1 aliphatic carbocycles. The van der Waals surface area contributed by atoms with Crippen LogP contribution in [0.3, 0.4) is 0 Å². The summed E-state index contributed by atoms with van der Waals surface area (Å²) < 4.78 is 0. The van der Waals surface area contributed by atoms with Gasteiger partial charge in [-0.25, -0.2) is 15.0 Å². The second-order valence-corrected chi connectivity index (χ2v) is 5.85. The van der Waals surface area contributed by atoms with E-state index in [0.29, 0.717) is 0 Å². The van der Waals surface area contributed by atoms with Gasteiger partial charge in [-0.1, -0.05) is 42.5 Å². The Morgan fingerprint density at radius 3 is 2.36 bits per heavy atom. The fourth-order valence-corrected chi connectivity index (χ4v) is 3.25. The molecule has 3 heteroatoms. The van der Waals surface area contributed by atoms with E-state index >= 15 is 0 Å². The minimum absolute atomic E-state index is 0.758. The molecular formula is C19H17N3. The summed E-state index contributed by atoms with van der Waals surface area (Å²) in [5.74, 6) is 2.42. The van der Waals surface area contributed by atoms with Crippen molar-refractivity contribution < 1.29 is 0 Å². The maximum Gasteiger partial charge on any atom is 0.136 e. The van der Waals surface area contributed by atoms with Gasteiger partial charge in [0.25, 0.3) is 0 Å². The van der Waals surface area contributed by atoms with Gasteiger partial charge in [0.1, 0.15) is 17.5 Å². The van der Waals surface area contributed by atoms with Gasteiger partial charge in [-0.3, -0.25) is 0 Å². The fourth-order valence-electron chi connectivity index (χ4n) is 3.25. The third-order valence-electron chi connectivity index (χ3n) is 4.13. The number of aryl methyl sites for hydroxylation is 2. The SMILES string of the molecule is Cc1nc(C)nc(Cc2ccc3c(c2)Cc2ccccc2-3)n1. The molecule has 0 radical (unpaired) electrons. The average Bonchev–Trinajstić information content (AvgIpc) is 2.83. The maximum atomic E-state index is 4.44. The summed E-state index contributed by atoms with van der Waals surface area (Å²) in [6, 6.07) is 15.4. The average molecular weight is 287 g/mol. The molecule has 108 valence electrons. The van der Waals surface area contributed by atoms with Gasteiger partial charge >= 0.3 is 0 Å². The normalized spacial score (nSPS) is 12.1.